The molecule has 0 spiro atoms. The van der Waals surface area contributed by atoms with Crippen molar-refractivity contribution in [3.05, 3.63) is 40.2 Å². The molecule has 4 nitrogen and oxygen atoms in total. The van der Waals surface area contributed by atoms with E-state index in [2.05, 4.69) is 36.5 Å². The van der Waals surface area contributed by atoms with Gasteiger partial charge in [0.25, 0.3) is 0 Å². The molecule has 6 heteroatoms. The van der Waals surface area contributed by atoms with E-state index in [0.29, 0.717) is 21.9 Å². The van der Waals surface area contributed by atoms with Crippen molar-refractivity contribution in [1.29, 1.82) is 0 Å². The maximum Gasteiger partial charge on any atom is 0.224 e. The van der Waals surface area contributed by atoms with Gasteiger partial charge in [-0.05, 0) is 40.5 Å². The summed E-state index contributed by atoms with van der Waals surface area (Å²) in [7, 11) is 1.74. The Labute approximate surface area is 113 Å². The third-order valence-electron chi connectivity index (χ3n) is 2.42. The van der Waals surface area contributed by atoms with Crippen molar-refractivity contribution < 1.29 is 4.39 Å². The van der Waals surface area contributed by atoms with Gasteiger partial charge in [0.15, 0.2) is 0 Å². The molecule has 0 aliphatic heterocycles. The smallest absolute Gasteiger partial charge is 0.224 e. The highest BCUT2D eigenvalue weighted by molar-refractivity contribution is 9.10. The molecule has 2 N–H and O–H groups in total. The minimum absolute atomic E-state index is 0.290. The molecule has 0 radical (unpaired) electrons. The first-order valence-electron chi connectivity index (χ1n) is 5.33. The Bertz CT molecular complexity index is 574. The monoisotopic (exact) mass is 310 g/mol. The standard InChI is InChI=1S/C12H12BrFN4/c1-7-3-4-8(14)5-10(7)17-11-9(13)6-16-12(15-2)18-11/h3-6H,1-2H3,(H2,15,16,17,18). The highest BCUT2D eigenvalue weighted by Crippen LogP contribution is 2.26. The first-order chi connectivity index (χ1) is 8.60. The van der Waals surface area contributed by atoms with Crippen LogP contribution in [-0.4, -0.2) is 17.0 Å². The predicted octanol–water partition coefficient (Wildman–Crippen LogP) is 3.47. The molecule has 0 amide bonds. The second-order valence-electron chi connectivity index (χ2n) is 3.72. The van der Waals surface area contributed by atoms with Crippen molar-refractivity contribution in [3.8, 4) is 0 Å². The second kappa shape index (κ2) is 5.30. The minimum atomic E-state index is -0.290. The van der Waals surface area contributed by atoms with Crippen molar-refractivity contribution in [2.75, 3.05) is 17.7 Å². The van der Waals surface area contributed by atoms with Gasteiger partial charge in [0, 0.05) is 18.9 Å². The van der Waals surface area contributed by atoms with Gasteiger partial charge < -0.3 is 10.6 Å². The van der Waals surface area contributed by atoms with E-state index >= 15 is 0 Å². The van der Waals surface area contributed by atoms with Gasteiger partial charge in [0.2, 0.25) is 5.95 Å². The van der Waals surface area contributed by atoms with Crippen molar-refractivity contribution in [1.82, 2.24) is 9.97 Å². The average molecular weight is 311 g/mol. The topological polar surface area (TPSA) is 49.8 Å². The van der Waals surface area contributed by atoms with E-state index in [-0.39, 0.29) is 5.82 Å². The zero-order chi connectivity index (χ0) is 13.1. The van der Waals surface area contributed by atoms with Gasteiger partial charge in [-0.1, -0.05) is 6.07 Å². The number of aryl methyl sites for hydroxylation is 1. The first-order valence-corrected chi connectivity index (χ1v) is 6.13. The molecular weight excluding hydrogens is 299 g/mol. The van der Waals surface area contributed by atoms with E-state index in [0.717, 1.165) is 5.56 Å². The van der Waals surface area contributed by atoms with Crippen LogP contribution < -0.4 is 10.6 Å². The van der Waals surface area contributed by atoms with Crippen LogP contribution in [0.2, 0.25) is 0 Å². The van der Waals surface area contributed by atoms with E-state index < -0.39 is 0 Å². The van der Waals surface area contributed by atoms with Crippen LogP contribution in [0.4, 0.5) is 21.8 Å². The normalized spacial score (nSPS) is 10.2. The van der Waals surface area contributed by atoms with Crippen LogP contribution in [0.25, 0.3) is 0 Å². The fourth-order valence-corrected chi connectivity index (χ4v) is 1.72. The van der Waals surface area contributed by atoms with Gasteiger partial charge in [-0.3, -0.25) is 0 Å². The Morgan fingerprint density at radius 2 is 2.11 bits per heavy atom. The molecule has 0 bridgehead atoms. The lowest BCUT2D eigenvalue weighted by Crippen LogP contribution is -2.02. The molecule has 1 aromatic carbocycles. The summed E-state index contributed by atoms with van der Waals surface area (Å²) in [6.07, 6.45) is 1.63. The largest absolute Gasteiger partial charge is 0.357 e. The highest BCUT2D eigenvalue weighted by atomic mass is 79.9. The summed E-state index contributed by atoms with van der Waals surface area (Å²) in [6.45, 7) is 1.90. The van der Waals surface area contributed by atoms with Crippen LogP contribution >= 0.6 is 15.9 Å². The SMILES string of the molecule is CNc1ncc(Br)c(Nc2cc(F)ccc2C)n1. The third-order valence-corrected chi connectivity index (χ3v) is 3.00. The van der Waals surface area contributed by atoms with Crippen molar-refractivity contribution in [2.24, 2.45) is 0 Å². The van der Waals surface area contributed by atoms with Gasteiger partial charge in [-0.15, -0.1) is 0 Å². The summed E-state index contributed by atoms with van der Waals surface area (Å²) >= 11 is 3.35. The number of halogens is 2. The van der Waals surface area contributed by atoms with E-state index in [1.54, 1.807) is 19.3 Å². The van der Waals surface area contributed by atoms with Gasteiger partial charge in [0.1, 0.15) is 11.6 Å². The Morgan fingerprint density at radius 3 is 2.83 bits per heavy atom. The quantitative estimate of drug-likeness (QED) is 0.911. The Balaban J connectivity index is 2.36. The molecule has 0 fully saturated rings. The number of anilines is 3. The number of aromatic nitrogens is 2. The van der Waals surface area contributed by atoms with Gasteiger partial charge in [-0.25, -0.2) is 9.37 Å². The lowest BCUT2D eigenvalue weighted by atomic mass is 10.2. The van der Waals surface area contributed by atoms with E-state index in [4.69, 9.17) is 0 Å². The summed E-state index contributed by atoms with van der Waals surface area (Å²) in [5, 5.41) is 5.93. The molecule has 1 aromatic heterocycles. The average Bonchev–Trinajstić information content (AvgIpc) is 2.36. The maximum absolute atomic E-state index is 13.2. The van der Waals surface area contributed by atoms with Gasteiger partial charge in [0.05, 0.1) is 4.47 Å². The number of nitrogens with one attached hydrogen (secondary N) is 2. The molecule has 0 atom stereocenters. The van der Waals surface area contributed by atoms with Crippen molar-refractivity contribution >= 4 is 33.4 Å². The van der Waals surface area contributed by atoms with Crippen LogP contribution in [0.5, 0.6) is 0 Å². The number of hydrogen-bond donors (Lipinski definition) is 2. The molecule has 0 aliphatic carbocycles. The first kappa shape index (κ1) is 12.8. The lowest BCUT2D eigenvalue weighted by molar-refractivity contribution is 0.628. The van der Waals surface area contributed by atoms with E-state index in [9.17, 15) is 4.39 Å². The fourth-order valence-electron chi connectivity index (χ4n) is 1.43. The number of benzene rings is 1. The number of rotatable bonds is 3. The molecule has 18 heavy (non-hydrogen) atoms. The molecule has 1 heterocycles. The van der Waals surface area contributed by atoms with E-state index in [1.165, 1.54) is 12.1 Å². The maximum atomic E-state index is 13.2. The minimum Gasteiger partial charge on any atom is -0.357 e. The van der Waals surface area contributed by atoms with Gasteiger partial charge >= 0.3 is 0 Å². The Morgan fingerprint density at radius 1 is 1.33 bits per heavy atom. The number of hydrogen-bond acceptors (Lipinski definition) is 4. The Kier molecular flexibility index (Phi) is 3.76. The summed E-state index contributed by atoms with van der Waals surface area (Å²) in [5.41, 5.74) is 1.62. The summed E-state index contributed by atoms with van der Waals surface area (Å²) < 4.78 is 13.9. The number of nitrogens with zero attached hydrogens (tertiary/aromatic N) is 2. The summed E-state index contributed by atoms with van der Waals surface area (Å²) in [4.78, 5) is 8.31. The molecule has 0 unspecified atom stereocenters. The molecular formula is C12H12BrFN4. The summed E-state index contributed by atoms with van der Waals surface area (Å²) in [6, 6.07) is 4.57. The molecule has 0 aliphatic rings. The zero-order valence-corrected chi connectivity index (χ0v) is 11.5. The summed E-state index contributed by atoms with van der Waals surface area (Å²) in [5.74, 6) is 0.792. The van der Waals surface area contributed by atoms with Crippen LogP contribution in [-0.2, 0) is 0 Å². The van der Waals surface area contributed by atoms with Gasteiger partial charge in [-0.2, -0.15) is 4.98 Å². The molecule has 94 valence electrons. The zero-order valence-electron chi connectivity index (χ0n) is 9.96. The van der Waals surface area contributed by atoms with Crippen LogP contribution in [0.3, 0.4) is 0 Å². The van der Waals surface area contributed by atoms with Crippen LogP contribution in [0.15, 0.2) is 28.9 Å². The lowest BCUT2D eigenvalue weighted by Gasteiger charge is -2.11. The fraction of sp³-hybridized carbons (Fsp3) is 0.167. The molecule has 2 rings (SSSR count). The third kappa shape index (κ3) is 2.76. The van der Waals surface area contributed by atoms with E-state index in [1.807, 2.05) is 6.92 Å². The van der Waals surface area contributed by atoms with Crippen molar-refractivity contribution in [2.45, 2.75) is 6.92 Å². The molecule has 2 aromatic rings. The van der Waals surface area contributed by atoms with Crippen LogP contribution in [0, 0.1) is 12.7 Å². The molecule has 0 saturated heterocycles. The highest BCUT2D eigenvalue weighted by Gasteiger charge is 2.07. The van der Waals surface area contributed by atoms with Crippen LogP contribution in [0.1, 0.15) is 5.56 Å². The molecule has 0 saturated carbocycles. The predicted molar refractivity (Wildman–Crippen MR) is 73.7 cm³/mol. The van der Waals surface area contributed by atoms with Crippen molar-refractivity contribution in [3.63, 3.8) is 0 Å². The second-order valence-corrected chi connectivity index (χ2v) is 4.58. The Hall–Kier alpha value is -1.69.